The summed E-state index contributed by atoms with van der Waals surface area (Å²) in [4.78, 5) is 22.5. The fourth-order valence-corrected chi connectivity index (χ4v) is 2.18. The van der Waals surface area contributed by atoms with Crippen molar-refractivity contribution in [1.29, 1.82) is 0 Å². The third kappa shape index (κ3) is 3.48. The lowest BCUT2D eigenvalue weighted by atomic mass is 10.1. The van der Waals surface area contributed by atoms with Crippen LogP contribution < -0.4 is 10.2 Å². The minimum Gasteiger partial charge on any atom is -0.389 e. The summed E-state index contributed by atoms with van der Waals surface area (Å²) in [5.74, 6) is 1.66. The van der Waals surface area contributed by atoms with Crippen LogP contribution in [0.25, 0.3) is 0 Å². The topological polar surface area (TPSA) is 104 Å². The second-order valence-electron chi connectivity index (χ2n) is 5.85. The summed E-state index contributed by atoms with van der Waals surface area (Å²) < 4.78 is 5.08. The van der Waals surface area contributed by atoms with Crippen LogP contribution in [0, 0.1) is 0 Å². The van der Waals surface area contributed by atoms with Gasteiger partial charge in [0.1, 0.15) is 5.82 Å². The summed E-state index contributed by atoms with van der Waals surface area (Å²) in [5, 5.41) is 15.8. The van der Waals surface area contributed by atoms with Gasteiger partial charge < -0.3 is 19.8 Å². The molecule has 0 unspecified atom stereocenters. The predicted molar refractivity (Wildman–Crippen MR) is 82.0 cm³/mol. The van der Waals surface area contributed by atoms with Gasteiger partial charge in [0.2, 0.25) is 5.89 Å². The van der Waals surface area contributed by atoms with Gasteiger partial charge in [0.25, 0.3) is 5.91 Å². The van der Waals surface area contributed by atoms with Crippen LogP contribution in [0.4, 0.5) is 5.82 Å². The summed E-state index contributed by atoms with van der Waals surface area (Å²) in [6.07, 6.45) is 1.23. The summed E-state index contributed by atoms with van der Waals surface area (Å²) in [7, 11) is 0. The van der Waals surface area contributed by atoms with Gasteiger partial charge in [-0.25, -0.2) is 4.98 Å². The molecule has 1 saturated heterocycles. The highest BCUT2D eigenvalue weighted by atomic mass is 16.5. The fraction of sp³-hybridized carbons (Fsp3) is 0.467. The lowest BCUT2D eigenvalue weighted by Gasteiger charge is -2.36. The zero-order chi connectivity index (χ0) is 16.4. The number of carbonyl (C=O) groups excluding carboxylic acids is 1. The van der Waals surface area contributed by atoms with E-state index in [1.54, 1.807) is 12.1 Å². The van der Waals surface area contributed by atoms with Gasteiger partial charge in [-0.15, -0.1) is 0 Å². The number of anilines is 1. The average Bonchev–Trinajstić information content (AvgIpc) is 2.99. The molecule has 1 aliphatic rings. The van der Waals surface area contributed by atoms with E-state index < -0.39 is 0 Å². The molecule has 0 bridgehead atoms. The van der Waals surface area contributed by atoms with Gasteiger partial charge in [-0.1, -0.05) is 19.0 Å². The van der Waals surface area contributed by atoms with Crippen LogP contribution >= 0.6 is 0 Å². The number of rotatable bonds is 5. The number of pyridine rings is 1. The van der Waals surface area contributed by atoms with Crippen molar-refractivity contribution in [2.45, 2.75) is 32.4 Å². The third-order valence-electron chi connectivity index (χ3n) is 3.58. The van der Waals surface area contributed by atoms with E-state index in [9.17, 15) is 9.90 Å². The van der Waals surface area contributed by atoms with E-state index in [2.05, 4.69) is 20.4 Å². The maximum absolute atomic E-state index is 12.1. The molecule has 0 saturated carbocycles. The highest BCUT2D eigenvalue weighted by molar-refractivity contribution is 5.93. The number of nitrogens with zero attached hydrogens (tertiary/aromatic N) is 4. The molecule has 2 aromatic heterocycles. The van der Waals surface area contributed by atoms with Gasteiger partial charge in [0, 0.05) is 25.2 Å². The van der Waals surface area contributed by atoms with Crippen molar-refractivity contribution in [3.8, 4) is 0 Å². The van der Waals surface area contributed by atoms with Gasteiger partial charge in [0.15, 0.2) is 5.82 Å². The molecule has 1 amide bonds. The summed E-state index contributed by atoms with van der Waals surface area (Å²) >= 11 is 0. The Labute approximate surface area is 133 Å². The predicted octanol–water partition coefficient (Wildman–Crippen LogP) is 0.699. The van der Waals surface area contributed by atoms with E-state index in [1.807, 2.05) is 18.7 Å². The van der Waals surface area contributed by atoms with Crippen molar-refractivity contribution in [1.82, 2.24) is 20.4 Å². The number of aromatic nitrogens is 3. The van der Waals surface area contributed by atoms with Gasteiger partial charge in [0.05, 0.1) is 18.2 Å². The molecule has 8 heteroatoms. The Kier molecular flexibility index (Phi) is 4.24. The Hall–Kier alpha value is -2.48. The summed E-state index contributed by atoms with van der Waals surface area (Å²) in [6.45, 7) is 5.28. The molecular formula is C15H19N5O3. The molecule has 1 fully saturated rings. The van der Waals surface area contributed by atoms with E-state index in [-0.39, 0.29) is 24.5 Å². The molecule has 3 rings (SSSR count). The third-order valence-corrected chi connectivity index (χ3v) is 3.58. The maximum Gasteiger partial charge on any atom is 0.253 e. The molecule has 0 atom stereocenters. The Bertz CT molecular complexity index is 677. The summed E-state index contributed by atoms with van der Waals surface area (Å²) in [5.41, 5.74) is 0.461. The molecule has 0 spiro atoms. The molecule has 3 heterocycles. The fourth-order valence-electron chi connectivity index (χ4n) is 2.18. The van der Waals surface area contributed by atoms with E-state index in [0.717, 1.165) is 5.82 Å². The average molecular weight is 317 g/mol. The van der Waals surface area contributed by atoms with Crippen LogP contribution in [0.1, 0.15) is 41.8 Å². The molecule has 8 nitrogen and oxygen atoms in total. The van der Waals surface area contributed by atoms with Crippen LogP contribution in [0.3, 0.4) is 0 Å². The second kappa shape index (κ2) is 6.33. The van der Waals surface area contributed by atoms with Crippen molar-refractivity contribution in [2.24, 2.45) is 0 Å². The van der Waals surface area contributed by atoms with Crippen molar-refractivity contribution >= 4 is 11.7 Å². The largest absolute Gasteiger partial charge is 0.389 e. The van der Waals surface area contributed by atoms with Crippen LogP contribution in [-0.2, 0) is 6.54 Å². The standard InChI is InChI=1S/C15H19N5O3/c1-9(2)15-18-12(19-23-15)6-17-14(22)10-3-4-13(16-5-10)20-7-11(21)8-20/h3-5,9,11,21H,6-8H2,1-2H3,(H,17,22). The first-order valence-electron chi connectivity index (χ1n) is 7.52. The first-order valence-corrected chi connectivity index (χ1v) is 7.52. The Morgan fingerprint density at radius 2 is 2.26 bits per heavy atom. The Morgan fingerprint density at radius 1 is 1.48 bits per heavy atom. The lowest BCUT2D eigenvalue weighted by Crippen LogP contribution is -2.51. The number of hydrogen-bond donors (Lipinski definition) is 2. The minimum atomic E-state index is -0.287. The number of β-amino-alcohol motifs (C(OH)–C–C–N with tert-alkyl or cyclic N) is 1. The molecule has 2 N–H and O–H groups in total. The van der Waals surface area contributed by atoms with Crippen molar-refractivity contribution < 1.29 is 14.4 Å². The SMILES string of the molecule is CC(C)c1nc(CNC(=O)c2ccc(N3CC(O)C3)nc2)no1. The number of amides is 1. The Balaban J connectivity index is 1.55. The minimum absolute atomic E-state index is 0.156. The van der Waals surface area contributed by atoms with Gasteiger partial charge in [-0.2, -0.15) is 4.98 Å². The molecule has 0 aliphatic carbocycles. The van der Waals surface area contributed by atoms with Gasteiger partial charge >= 0.3 is 0 Å². The zero-order valence-corrected chi connectivity index (χ0v) is 13.1. The van der Waals surface area contributed by atoms with Crippen LogP contribution in [0.15, 0.2) is 22.9 Å². The quantitative estimate of drug-likeness (QED) is 0.836. The van der Waals surface area contributed by atoms with Gasteiger partial charge in [-0.05, 0) is 12.1 Å². The van der Waals surface area contributed by atoms with E-state index in [1.165, 1.54) is 6.20 Å². The van der Waals surface area contributed by atoms with Crippen LogP contribution in [0.2, 0.25) is 0 Å². The molecule has 0 aromatic carbocycles. The lowest BCUT2D eigenvalue weighted by molar-refractivity contribution is 0.0949. The van der Waals surface area contributed by atoms with Crippen LogP contribution in [-0.4, -0.2) is 45.3 Å². The molecule has 1 aliphatic heterocycles. The van der Waals surface area contributed by atoms with E-state index in [0.29, 0.717) is 30.4 Å². The van der Waals surface area contributed by atoms with Gasteiger partial charge in [-0.3, -0.25) is 4.79 Å². The number of aliphatic hydroxyl groups excluding tert-OH is 1. The Morgan fingerprint density at radius 3 is 2.83 bits per heavy atom. The molecule has 122 valence electrons. The zero-order valence-electron chi connectivity index (χ0n) is 13.1. The highest BCUT2D eigenvalue weighted by Crippen LogP contribution is 2.18. The van der Waals surface area contributed by atoms with Crippen molar-refractivity contribution in [3.63, 3.8) is 0 Å². The number of aliphatic hydroxyl groups is 1. The van der Waals surface area contributed by atoms with E-state index >= 15 is 0 Å². The first-order chi connectivity index (χ1) is 11.0. The monoisotopic (exact) mass is 317 g/mol. The molecule has 2 aromatic rings. The number of nitrogens with one attached hydrogen (secondary N) is 1. The first kappa shape index (κ1) is 15.4. The second-order valence-corrected chi connectivity index (χ2v) is 5.85. The summed E-state index contributed by atoms with van der Waals surface area (Å²) in [6, 6.07) is 3.48. The smallest absolute Gasteiger partial charge is 0.253 e. The highest BCUT2D eigenvalue weighted by Gasteiger charge is 2.25. The molecule has 23 heavy (non-hydrogen) atoms. The molecule has 0 radical (unpaired) electrons. The van der Waals surface area contributed by atoms with Crippen molar-refractivity contribution in [3.05, 3.63) is 35.6 Å². The normalized spacial score (nSPS) is 14.9. The molecular weight excluding hydrogens is 298 g/mol. The number of carbonyl (C=O) groups is 1. The van der Waals surface area contributed by atoms with Crippen molar-refractivity contribution in [2.75, 3.05) is 18.0 Å². The van der Waals surface area contributed by atoms with E-state index in [4.69, 9.17) is 4.52 Å². The maximum atomic E-state index is 12.1. The number of hydrogen-bond acceptors (Lipinski definition) is 7. The van der Waals surface area contributed by atoms with Crippen LogP contribution in [0.5, 0.6) is 0 Å².